The number of amides is 1. The van der Waals surface area contributed by atoms with E-state index >= 15 is 0 Å². The molecular formula is C21H23ClFN5O3. The first-order valence-electron chi connectivity index (χ1n) is 9.36. The third-order valence-corrected chi connectivity index (χ3v) is 5.11. The molecule has 0 aliphatic carbocycles. The quantitative estimate of drug-likeness (QED) is 0.519. The van der Waals surface area contributed by atoms with Crippen LogP contribution in [0.2, 0.25) is 5.02 Å². The fraction of sp³-hybridized carbons (Fsp3) is 0.286. The van der Waals surface area contributed by atoms with Gasteiger partial charge in [0.2, 0.25) is 5.91 Å². The van der Waals surface area contributed by atoms with E-state index in [0.29, 0.717) is 29.3 Å². The number of methoxy groups -OCH3 is 2. The number of carbonyl (C=O) groups excluding carboxylic acids is 1. The average molecular weight is 448 g/mol. The monoisotopic (exact) mass is 447 g/mol. The van der Waals surface area contributed by atoms with Crippen molar-refractivity contribution in [2.75, 3.05) is 33.2 Å². The van der Waals surface area contributed by atoms with Gasteiger partial charge in [-0.25, -0.2) is 14.4 Å². The minimum absolute atomic E-state index is 0.00276. The van der Waals surface area contributed by atoms with Crippen LogP contribution in [-0.2, 0) is 16.1 Å². The van der Waals surface area contributed by atoms with Crippen molar-refractivity contribution >= 4 is 39.9 Å². The van der Waals surface area contributed by atoms with E-state index in [9.17, 15) is 9.18 Å². The molecule has 3 aromatic rings. The molecule has 1 atom stereocenters. The van der Waals surface area contributed by atoms with E-state index in [1.165, 1.54) is 25.6 Å². The van der Waals surface area contributed by atoms with Crippen molar-refractivity contribution in [1.82, 2.24) is 14.9 Å². The summed E-state index contributed by atoms with van der Waals surface area (Å²) < 4.78 is 24.1. The highest BCUT2D eigenvalue weighted by Crippen LogP contribution is 2.31. The van der Waals surface area contributed by atoms with Gasteiger partial charge >= 0.3 is 0 Å². The number of hydrogen-bond acceptors (Lipinski definition) is 7. The van der Waals surface area contributed by atoms with E-state index in [4.69, 9.17) is 26.8 Å². The zero-order chi connectivity index (χ0) is 22.5. The molecule has 3 rings (SSSR count). The lowest BCUT2D eigenvalue weighted by molar-refractivity contribution is -0.124. The van der Waals surface area contributed by atoms with E-state index < -0.39 is 17.8 Å². The highest BCUT2D eigenvalue weighted by molar-refractivity contribution is 6.31. The zero-order valence-corrected chi connectivity index (χ0v) is 18.1. The van der Waals surface area contributed by atoms with E-state index in [1.807, 2.05) is 6.07 Å². The van der Waals surface area contributed by atoms with Gasteiger partial charge in [-0.2, -0.15) is 0 Å². The van der Waals surface area contributed by atoms with Crippen LogP contribution >= 0.6 is 11.6 Å². The summed E-state index contributed by atoms with van der Waals surface area (Å²) in [6, 6.07) is 7.39. The lowest BCUT2D eigenvalue weighted by Gasteiger charge is -2.25. The molecule has 0 radical (unpaired) electrons. The second-order valence-corrected chi connectivity index (χ2v) is 7.35. The molecule has 10 heteroatoms. The molecule has 0 bridgehead atoms. The summed E-state index contributed by atoms with van der Waals surface area (Å²) in [5, 5.41) is 3.86. The van der Waals surface area contributed by atoms with Crippen LogP contribution in [0.4, 0.5) is 15.9 Å². The van der Waals surface area contributed by atoms with Crippen LogP contribution in [0, 0.1) is 5.82 Å². The number of likely N-dealkylation sites (N-methyl/N-ethyl adjacent to an activating group) is 1. The number of benzene rings is 2. The summed E-state index contributed by atoms with van der Waals surface area (Å²) in [7, 11) is 4.85. The van der Waals surface area contributed by atoms with Gasteiger partial charge in [0.1, 0.15) is 29.8 Å². The number of halogens is 2. The Kier molecular flexibility index (Phi) is 7.21. The molecule has 164 valence electrons. The van der Waals surface area contributed by atoms with Crippen LogP contribution in [0.1, 0.15) is 5.56 Å². The van der Waals surface area contributed by atoms with Gasteiger partial charge < -0.3 is 20.5 Å². The maximum absolute atomic E-state index is 13.5. The van der Waals surface area contributed by atoms with Crippen LogP contribution < -0.4 is 15.8 Å². The topological polar surface area (TPSA) is 103 Å². The molecule has 1 aromatic heterocycles. The number of ether oxygens (including phenoxy) is 2. The maximum Gasteiger partial charge on any atom is 0.237 e. The van der Waals surface area contributed by atoms with E-state index in [0.717, 1.165) is 10.9 Å². The highest BCUT2D eigenvalue weighted by Gasteiger charge is 2.22. The number of nitrogens with two attached hydrogens (primary N) is 1. The fourth-order valence-corrected chi connectivity index (χ4v) is 3.40. The number of aromatic nitrogens is 2. The molecule has 0 spiro atoms. The first-order chi connectivity index (χ1) is 14.8. The average Bonchev–Trinajstić information content (AvgIpc) is 2.74. The number of fused-ring (bicyclic) bond motifs is 1. The van der Waals surface area contributed by atoms with E-state index in [-0.39, 0.29) is 11.6 Å². The van der Waals surface area contributed by atoms with Crippen LogP contribution in [0.3, 0.4) is 0 Å². The van der Waals surface area contributed by atoms with Crippen molar-refractivity contribution < 1.29 is 18.7 Å². The lowest BCUT2D eigenvalue weighted by atomic mass is 10.1. The molecule has 0 fully saturated rings. The number of hydrogen-bond donors (Lipinski definition) is 2. The van der Waals surface area contributed by atoms with Gasteiger partial charge in [0.05, 0.1) is 24.3 Å². The van der Waals surface area contributed by atoms with Crippen LogP contribution in [0.5, 0.6) is 5.75 Å². The molecule has 0 saturated heterocycles. The SMILES string of the molecule is COC[C@@H](C(N)=O)N(C)Cc1cc2c(Nc3ccc(F)c(Cl)c3)ncnc2cc1OC. The van der Waals surface area contributed by atoms with Gasteiger partial charge in [-0.05, 0) is 31.3 Å². The summed E-state index contributed by atoms with van der Waals surface area (Å²) in [6.07, 6.45) is 1.42. The van der Waals surface area contributed by atoms with Gasteiger partial charge in [-0.3, -0.25) is 9.69 Å². The van der Waals surface area contributed by atoms with Gasteiger partial charge in [0, 0.05) is 36.4 Å². The van der Waals surface area contributed by atoms with Crippen molar-refractivity contribution in [2.45, 2.75) is 12.6 Å². The van der Waals surface area contributed by atoms with Crippen LogP contribution in [0.25, 0.3) is 10.9 Å². The van der Waals surface area contributed by atoms with Crippen LogP contribution in [-0.4, -0.2) is 54.7 Å². The molecule has 0 aliphatic heterocycles. The zero-order valence-electron chi connectivity index (χ0n) is 17.4. The molecule has 0 unspecified atom stereocenters. The summed E-state index contributed by atoms with van der Waals surface area (Å²) in [6.45, 7) is 0.537. The van der Waals surface area contributed by atoms with Gasteiger partial charge in [-0.15, -0.1) is 0 Å². The third-order valence-electron chi connectivity index (χ3n) is 4.82. The predicted molar refractivity (Wildman–Crippen MR) is 117 cm³/mol. The standard InChI is InChI=1S/C21H23ClFN5O3/c1-28(18(10-30-2)20(24)29)9-12-6-14-17(8-19(12)31-3)25-11-26-21(14)27-13-4-5-16(23)15(22)7-13/h4-8,11,18H,9-10H2,1-3H3,(H2,24,29)(H,25,26,27)/t18-/m0/s1. The minimum Gasteiger partial charge on any atom is -0.496 e. The summed E-state index contributed by atoms with van der Waals surface area (Å²) in [4.78, 5) is 22.2. The van der Waals surface area contributed by atoms with Crippen molar-refractivity contribution in [1.29, 1.82) is 0 Å². The molecule has 1 heterocycles. The smallest absolute Gasteiger partial charge is 0.237 e. The maximum atomic E-state index is 13.5. The molecule has 8 nitrogen and oxygen atoms in total. The second-order valence-electron chi connectivity index (χ2n) is 6.95. The molecular weight excluding hydrogens is 425 g/mol. The first-order valence-corrected chi connectivity index (χ1v) is 9.74. The van der Waals surface area contributed by atoms with Crippen molar-refractivity contribution in [3.8, 4) is 5.75 Å². The Morgan fingerprint density at radius 3 is 2.71 bits per heavy atom. The second kappa shape index (κ2) is 9.86. The van der Waals surface area contributed by atoms with E-state index in [2.05, 4.69) is 15.3 Å². The van der Waals surface area contributed by atoms with Gasteiger partial charge in [0.25, 0.3) is 0 Å². The Morgan fingerprint density at radius 2 is 2.06 bits per heavy atom. The molecule has 3 N–H and O–H groups in total. The van der Waals surface area contributed by atoms with E-state index in [1.54, 1.807) is 31.2 Å². The Labute approximate surface area is 184 Å². The summed E-state index contributed by atoms with van der Waals surface area (Å²) in [5.74, 6) is 0.134. The molecule has 31 heavy (non-hydrogen) atoms. The minimum atomic E-state index is -0.601. The normalized spacial score (nSPS) is 12.2. The Morgan fingerprint density at radius 1 is 1.29 bits per heavy atom. The van der Waals surface area contributed by atoms with Crippen molar-refractivity contribution in [3.05, 3.63) is 53.1 Å². The van der Waals surface area contributed by atoms with Crippen molar-refractivity contribution in [2.24, 2.45) is 5.73 Å². The molecule has 0 aliphatic rings. The van der Waals surface area contributed by atoms with Gasteiger partial charge in [0.15, 0.2) is 0 Å². The number of rotatable bonds is 9. The Balaban J connectivity index is 1.99. The molecule has 0 saturated carbocycles. The largest absolute Gasteiger partial charge is 0.496 e. The van der Waals surface area contributed by atoms with Gasteiger partial charge in [-0.1, -0.05) is 11.6 Å². The predicted octanol–water partition coefficient (Wildman–Crippen LogP) is 3.11. The Bertz CT molecular complexity index is 1100. The fourth-order valence-electron chi connectivity index (χ4n) is 3.22. The number of primary amides is 1. The summed E-state index contributed by atoms with van der Waals surface area (Å²) >= 11 is 5.88. The lowest BCUT2D eigenvalue weighted by Crippen LogP contribution is -2.45. The van der Waals surface area contributed by atoms with Crippen LogP contribution in [0.15, 0.2) is 36.7 Å². The third kappa shape index (κ3) is 5.19. The first kappa shape index (κ1) is 22.7. The number of carbonyl (C=O) groups is 1. The number of nitrogens with one attached hydrogen (secondary N) is 1. The summed E-state index contributed by atoms with van der Waals surface area (Å²) in [5.41, 5.74) is 7.54. The highest BCUT2D eigenvalue weighted by atomic mass is 35.5. The number of anilines is 2. The molecule has 1 amide bonds. The van der Waals surface area contributed by atoms with Crippen molar-refractivity contribution in [3.63, 3.8) is 0 Å². The molecule has 2 aromatic carbocycles. The Hall–Kier alpha value is -3.01. The number of nitrogens with zero attached hydrogens (tertiary/aromatic N) is 3.